The Kier molecular flexibility index (Phi) is 47.3. The van der Waals surface area contributed by atoms with Crippen molar-refractivity contribution >= 4 is 11.6 Å². The van der Waals surface area contributed by atoms with Crippen molar-refractivity contribution in [2.24, 2.45) is 0 Å². The molecule has 0 fully saturated rings. The van der Waals surface area contributed by atoms with Crippen LogP contribution in [0.5, 0.6) is 0 Å². The van der Waals surface area contributed by atoms with E-state index in [-0.39, 0.29) is 36.6 Å². The fourth-order valence-electron chi connectivity index (χ4n) is 0.223. The van der Waals surface area contributed by atoms with Crippen LogP contribution < -0.4 is 0 Å². The summed E-state index contributed by atoms with van der Waals surface area (Å²) in [6.07, 6.45) is -0.250. The molecule has 0 spiro atoms. The number of ketones is 2. The third-order valence-corrected chi connectivity index (χ3v) is 0.656. The van der Waals surface area contributed by atoms with Crippen molar-refractivity contribution in [1.82, 2.24) is 0 Å². The zero-order valence-corrected chi connectivity index (χ0v) is 15.6. The summed E-state index contributed by atoms with van der Waals surface area (Å²) in [7, 11) is 0. The molecule has 0 aromatic heterocycles. The van der Waals surface area contributed by atoms with E-state index >= 15 is 0 Å². The van der Waals surface area contributed by atoms with Gasteiger partial charge < -0.3 is 10.2 Å². The van der Waals surface area contributed by atoms with Crippen LogP contribution in [0.1, 0.15) is 54.4 Å². The number of rotatable bonds is 2. The number of nitrogens with zero attached hydrogens (tertiary/aromatic N) is 2. The number of carbonyl (C=O) groups excluding carboxylic acids is 2. The molecule has 2 N–H and O–H groups in total. The molecule has 0 saturated carbocycles. The van der Waals surface area contributed by atoms with Crippen LogP contribution in [0.3, 0.4) is 0 Å². The Morgan fingerprint density at radius 1 is 0.864 bits per heavy atom. The van der Waals surface area contributed by atoms with Crippen LogP contribution in [0, 0.1) is 22.7 Å². The molecule has 0 bridgehead atoms. The van der Waals surface area contributed by atoms with Gasteiger partial charge in [0.05, 0.1) is 25.0 Å². The maximum absolute atomic E-state index is 9.82. The zero-order valence-electron chi connectivity index (χ0n) is 14.1. The van der Waals surface area contributed by atoms with Gasteiger partial charge in [0.1, 0.15) is 11.6 Å². The van der Waals surface area contributed by atoms with E-state index in [1.807, 2.05) is 0 Å². The normalized spacial score (nSPS) is 7.05. The van der Waals surface area contributed by atoms with E-state index in [9.17, 15) is 9.59 Å². The van der Waals surface area contributed by atoms with Crippen molar-refractivity contribution in [2.75, 3.05) is 0 Å². The SMILES string of the molecule is CC(=O)CC#N.CC(=O)CC#N.CC(C)O.CC(C)O.[O]=[Ti]. The second-order valence-corrected chi connectivity index (χ2v) is 4.26. The predicted molar refractivity (Wildman–Crippen MR) is 77.2 cm³/mol. The van der Waals surface area contributed by atoms with Gasteiger partial charge in [-0.2, -0.15) is 10.5 Å². The topological polar surface area (TPSA) is 139 Å². The van der Waals surface area contributed by atoms with Crippen molar-refractivity contribution in [2.45, 2.75) is 66.6 Å². The summed E-state index contributed by atoms with van der Waals surface area (Å²) in [5, 5.41) is 31.6. The average molecular weight is 350 g/mol. The first-order valence-corrected chi connectivity index (χ1v) is 6.94. The van der Waals surface area contributed by atoms with E-state index in [1.165, 1.54) is 13.8 Å². The molecule has 22 heavy (non-hydrogen) atoms. The van der Waals surface area contributed by atoms with Crippen LogP contribution in [0.15, 0.2) is 0 Å². The summed E-state index contributed by atoms with van der Waals surface area (Å²) >= 11 is 0.750. The van der Waals surface area contributed by atoms with Gasteiger partial charge in [0.15, 0.2) is 0 Å². The second-order valence-electron chi connectivity index (χ2n) is 4.26. The molecule has 0 aliphatic rings. The summed E-state index contributed by atoms with van der Waals surface area (Å²) in [5.41, 5.74) is 0. The Balaban J connectivity index is -0.0000000571. The Bertz CT molecular complexity index is 296. The van der Waals surface area contributed by atoms with Crippen LogP contribution >= 0.6 is 0 Å². The van der Waals surface area contributed by atoms with Crippen LogP contribution in [0.25, 0.3) is 0 Å². The molecule has 0 aliphatic carbocycles. The van der Waals surface area contributed by atoms with Crippen molar-refractivity contribution in [1.29, 1.82) is 10.5 Å². The molecule has 0 aromatic carbocycles. The number of hydrogen-bond donors (Lipinski definition) is 2. The molecule has 0 radical (unpaired) electrons. The fraction of sp³-hybridized carbons (Fsp3) is 0.714. The first-order valence-electron chi connectivity index (χ1n) is 6.30. The Morgan fingerprint density at radius 3 is 1.00 bits per heavy atom. The second kappa shape index (κ2) is 31.9. The molecule has 126 valence electrons. The fourth-order valence-corrected chi connectivity index (χ4v) is 0.223. The quantitative estimate of drug-likeness (QED) is 0.721. The summed E-state index contributed by atoms with van der Waals surface area (Å²) in [4.78, 5) is 19.6. The van der Waals surface area contributed by atoms with Gasteiger partial charge in [0, 0.05) is 12.2 Å². The van der Waals surface area contributed by atoms with Gasteiger partial charge >= 0.3 is 23.7 Å². The summed E-state index contributed by atoms with van der Waals surface area (Å²) in [5.74, 6) is -0.144. The van der Waals surface area contributed by atoms with Gasteiger partial charge in [-0.15, -0.1) is 0 Å². The molecule has 0 aliphatic heterocycles. The van der Waals surface area contributed by atoms with Crippen molar-refractivity contribution in [3.05, 3.63) is 0 Å². The molecule has 0 saturated heterocycles. The summed E-state index contributed by atoms with van der Waals surface area (Å²) in [6, 6.07) is 3.44. The number of aliphatic hydroxyl groups excluding tert-OH is 2. The van der Waals surface area contributed by atoms with E-state index in [0.717, 1.165) is 20.4 Å². The molecule has 0 atom stereocenters. The number of hydrogen-bond acceptors (Lipinski definition) is 7. The molecule has 0 unspecified atom stereocenters. The van der Waals surface area contributed by atoms with Crippen LogP contribution in [-0.4, -0.2) is 34.0 Å². The molecule has 7 nitrogen and oxygen atoms in total. The Morgan fingerprint density at radius 2 is 1.00 bits per heavy atom. The van der Waals surface area contributed by atoms with E-state index in [0.29, 0.717) is 0 Å². The Hall–Kier alpha value is -1.25. The number of aliphatic hydroxyl groups is 2. The van der Waals surface area contributed by atoms with Crippen LogP contribution in [0.4, 0.5) is 0 Å². The molecule has 8 heteroatoms. The van der Waals surface area contributed by atoms with Gasteiger partial charge in [0.2, 0.25) is 0 Å². The number of nitriles is 2. The number of carbonyl (C=O) groups is 2. The first kappa shape index (κ1) is 32.6. The van der Waals surface area contributed by atoms with Crippen molar-refractivity contribution < 1.29 is 43.5 Å². The zero-order chi connectivity index (χ0) is 19.1. The molecule has 0 heterocycles. The van der Waals surface area contributed by atoms with E-state index in [4.69, 9.17) is 24.1 Å². The molecule has 0 amide bonds. The third-order valence-electron chi connectivity index (χ3n) is 0.656. The first-order chi connectivity index (χ1) is 10.0. The van der Waals surface area contributed by atoms with Gasteiger partial charge in [-0.3, -0.25) is 9.59 Å². The van der Waals surface area contributed by atoms with E-state index in [1.54, 1.807) is 39.8 Å². The average Bonchev–Trinajstić information content (AvgIpc) is 2.30. The van der Waals surface area contributed by atoms with Crippen LogP contribution in [0.2, 0.25) is 0 Å². The van der Waals surface area contributed by atoms with Gasteiger partial charge in [-0.1, -0.05) is 0 Å². The number of Topliss-reactive ketones (excluding diaryl/α,β-unsaturated/α-hetero) is 2. The van der Waals surface area contributed by atoms with Crippen molar-refractivity contribution in [3.8, 4) is 12.1 Å². The van der Waals surface area contributed by atoms with Crippen LogP contribution in [-0.2, 0) is 33.3 Å². The molecule has 0 rings (SSSR count). The minimum atomic E-state index is -0.167. The minimum absolute atomic E-state index is 0.0417. The summed E-state index contributed by atoms with van der Waals surface area (Å²) in [6.45, 7) is 9.67. The maximum atomic E-state index is 9.82. The van der Waals surface area contributed by atoms with E-state index < -0.39 is 0 Å². The standard InChI is InChI=1S/2C4H5NO.2C3H8O.O.Ti/c2*1-4(6)2-3-5;2*1-3(2)4;;/h2*2H2,1H3;2*3-4H,1-2H3;;. The monoisotopic (exact) mass is 350 g/mol. The van der Waals surface area contributed by atoms with Crippen molar-refractivity contribution in [3.63, 3.8) is 0 Å². The summed E-state index contributed by atoms with van der Waals surface area (Å²) < 4.78 is 8.25. The van der Waals surface area contributed by atoms with Gasteiger partial charge in [0.25, 0.3) is 0 Å². The van der Waals surface area contributed by atoms with E-state index in [2.05, 4.69) is 0 Å². The van der Waals surface area contributed by atoms with Gasteiger partial charge in [-0.25, -0.2) is 0 Å². The third kappa shape index (κ3) is 262. The molecular formula is C14H26N2O5Ti. The Labute approximate surface area is 144 Å². The molecular weight excluding hydrogens is 324 g/mol. The van der Waals surface area contributed by atoms with Gasteiger partial charge in [-0.05, 0) is 41.5 Å². The predicted octanol–water partition coefficient (Wildman–Crippen LogP) is 1.63. The molecule has 0 aromatic rings.